The molecule has 0 radical (unpaired) electrons. The number of hydrogen-bond acceptors (Lipinski definition) is 4. The van der Waals surface area contributed by atoms with Gasteiger partial charge in [-0.3, -0.25) is 23.5 Å². The number of carbonyl (C=O) groups is 2. The fraction of sp³-hybridized carbons (Fsp3) is 0.238. The van der Waals surface area contributed by atoms with Gasteiger partial charge in [0.25, 0.3) is 11.5 Å². The Balaban J connectivity index is 2.00. The Morgan fingerprint density at radius 3 is 2.31 bits per heavy atom. The lowest BCUT2D eigenvalue weighted by atomic mass is 10.1. The summed E-state index contributed by atoms with van der Waals surface area (Å²) in [5.74, 6) is -0.722. The molecule has 1 aromatic heterocycles. The molecule has 0 saturated heterocycles. The molecule has 1 N–H and O–H groups in total. The zero-order valence-corrected chi connectivity index (χ0v) is 16.5. The second kappa shape index (κ2) is 8.14. The van der Waals surface area contributed by atoms with E-state index in [0.717, 1.165) is 4.57 Å². The topological polar surface area (TPSA) is 93.4 Å². The van der Waals surface area contributed by atoms with Crippen LogP contribution in [0.4, 0.5) is 5.69 Å². The van der Waals surface area contributed by atoms with Gasteiger partial charge in [0, 0.05) is 20.6 Å². The van der Waals surface area contributed by atoms with Crippen LogP contribution in [-0.4, -0.2) is 39.9 Å². The Labute approximate surface area is 167 Å². The van der Waals surface area contributed by atoms with Crippen LogP contribution < -0.4 is 16.6 Å². The third kappa shape index (κ3) is 3.82. The number of nitrogens with zero attached hydrogens (tertiary/aromatic N) is 3. The van der Waals surface area contributed by atoms with Crippen molar-refractivity contribution >= 4 is 28.4 Å². The maximum atomic E-state index is 12.8. The summed E-state index contributed by atoms with van der Waals surface area (Å²) in [7, 11) is 3.25. The highest BCUT2D eigenvalue weighted by atomic mass is 16.2. The number of fused-ring (bicyclic) bond motifs is 1. The standard InChI is InChI=1S/C21H22N4O4/c1-4-24-20(28)15-10-6-8-12-17(15)25(21(24)29)13-18(26)22-16-11-7-5-9-14(16)19(27)23(2)3/h5-12H,4,13H2,1-3H3,(H,22,26). The third-order valence-corrected chi connectivity index (χ3v) is 4.59. The van der Waals surface area contributed by atoms with E-state index < -0.39 is 11.6 Å². The molecule has 0 aliphatic heterocycles. The number of para-hydroxylation sites is 2. The predicted octanol–water partition coefficient (Wildman–Crippen LogP) is 1.52. The van der Waals surface area contributed by atoms with Crippen LogP contribution in [0.2, 0.25) is 0 Å². The average Bonchev–Trinajstić information content (AvgIpc) is 2.71. The fourth-order valence-corrected chi connectivity index (χ4v) is 3.16. The van der Waals surface area contributed by atoms with E-state index in [-0.39, 0.29) is 24.6 Å². The van der Waals surface area contributed by atoms with Crippen molar-refractivity contribution in [2.75, 3.05) is 19.4 Å². The summed E-state index contributed by atoms with van der Waals surface area (Å²) in [6.45, 7) is 1.61. The number of amides is 2. The minimum atomic E-state index is -0.552. The van der Waals surface area contributed by atoms with Crippen molar-refractivity contribution in [3.63, 3.8) is 0 Å². The van der Waals surface area contributed by atoms with Gasteiger partial charge >= 0.3 is 5.69 Å². The van der Waals surface area contributed by atoms with Crippen LogP contribution in [0.5, 0.6) is 0 Å². The first-order valence-corrected chi connectivity index (χ1v) is 9.18. The van der Waals surface area contributed by atoms with E-state index in [1.165, 1.54) is 9.47 Å². The molecule has 0 spiro atoms. The third-order valence-electron chi connectivity index (χ3n) is 4.59. The van der Waals surface area contributed by atoms with Crippen LogP contribution in [-0.2, 0) is 17.9 Å². The van der Waals surface area contributed by atoms with Crippen molar-refractivity contribution in [3.05, 3.63) is 74.9 Å². The largest absolute Gasteiger partial charge is 0.345 e. The lowest BCUT2D eigenvalue weighted by molar-refractivity contribution is -0.116. The van der Waals surface area contributed by atoms with Gasteiger partial charge in [0.2, 0.25) is 5.91 Å². The Kier molecular flexibility index (Phi) is 5.63. The summed E-state index contributed by atoms with van der Waals surface area (Å²) in [5.41, 5.74) is 0.162. The summed E-state index contributed by atoms with van der Waals surface area (Å²) < 4.78 is 2.37. The number of rotatable bonds is 5. The monoisotopic (exact) mass is 394 g/mol. The summed E-state index contributed by atoms with van der Waals surface area (Å²) in [4.78, 5) is 51.7. The van der Waals surface area contributed by atoms with E-state index in [2.05, 4.69) is 5.32 Å². The Hall–Kier alpha value is -3.68. The van der Waals surface area contributed by atoms with Crippen molar-refractivity contribution in [1.82, 2.24) is 14.0 Å². The number of anilines is 1. The van der Waals surface area contributed by atoms with Crippen molar-refractivity contribution in [2.45, 2.75) is 20.0 Å². The van der Waals surface area contributed by atoms with Crippen molar-refractivity contribution < 1.29 is 9.59 Å². The summed E-state index contributed by atoms with van der Waals surface area (Å²) in [5, 5.41) is 3.07. The highest BCUT2D eigenvalue weighted by molar-refractivity contribution is 6.03. The molecule has 0 saturated carbocycles. The molecule has 2 amide bonds. The molecule has 0 unspecified atom stereocenters. The molecule has 0 atom stereocenters. The second-order valence-corrected chi connectivity index (χ2v) is 6.73. The second-order valence-electron chi connectivity index (χ2n) is 6.73. The highest BCUT2D eigenvalue weighted by Gasteiger charge is 2.17. The maximum absolute atomic E-state index is 12.8. The lowest BCUT2D eigenvalue weighted by Gasteiger charge is -2.16. The first-order chi connectivity index (χ1) is 13.8. The number of carbonyl (C=O) groups excluding carboxylic acids is 2. The smallest absolute Gasteiger partial charge is 0.331 e. The van der Waals surface area contributed by atoms with Gasteiger partial charge in [-0.2, -0.15) is 0 Å². The SMILES string of the molecule is CCn1c(=O)c2ccccc2n(CC(=O)Nc2ccccc2C(=O)N(C)C)c1=O. The summed E-state index contributed by atoms with van der Waals surface area (Å²) >= 11 is 0. The van der Waals surface area contributed by atoms with Crippen LogP contribution in [0.3, 0.4) is 0 Å². The zero-order chi connectivity index (χ0) is 21.1. The van der Waals surface area contributed by atoms with Gasteiger partial charge < -0.3 is 10.2 Å². The zero-order valence-electron chi connectivity index (χ0n) is 16.5. The van der Waals surface area contributed by atoms with Gasteiger partial charge in [0.15, 0.2) is 0 Å². The van der Waals surface area contributed by atoms with Crippen molar-refractivity contribution in [1.29, 1.82) is 0 Å². The molecule has 8 nitrogen and oxygen atoms in total. The van der Waals surface area contributed by atoms with E-state index in [1.54, 1.807) is 69.6 Å². The van der Waals surface area contributed by atoms with Gasteiger partial charge in [0.1, 0.15) is 6.54 Å². The van der Waals surface area contributed by atoms with E-state index in [4.69, 9.17) is 0 Å². The van der Waals surface area contributed by atoms with Gasteiger partial charge in [-0.05, 0) is 31.2 Å². The van der Waals surface area contributed by atoms with Gasteiger partial charge in [-0.15, -0.1) is 0 Å². The molecule has 0 aliphatic carbocycles. The molecule has 0 fully saturated rings. The van der Waals surface area contributed by atoms with Gasteiger partial charge in [0.05, 0.1) is 22.2 Å². The molecule has 0 bridgehead atoms. The maximum Gasteiger partial charge on any atom is 0.331 e. The van der Waals surface area contributed by atoms with E-state index in [9.17, 15) is 19.2 Å². The first kappa shape index (κ1) is 20.1. The van der Waals surface area contributed by atoms with Crippen LogP contribution in [0.15, 0.2) is 58.1 Å². The first-order valence-electron chi connectivity index (χ1n) is 9.18. The highest BCUT2D eigenvalue weighted by Crippen LogP contribution is 2.17. The molecule has 3 aromatic rings. The minimum Gasteiger partial charge on any atom is -0.345 e. The molecule has 3 rings (SSSR count). The summed E-state index contributed by atoms with van der Waals surface area (Å²) in [6.07, 6.45) is 0. The van der Waals surface area contributed by atoms with E-state index >= 15 is 0 Å². The molecule has 8 heteroatoms. The molecular formula is C21H22N4O4. The molecule has 150 valence electrons. The number of benzene rings is 2. The molecular weight excluding hydrogens is 372 g/mol. The average molecular weight is 394 g/mol. The van der Waals surface area contributed by atoms with Crippen LogP contribution >= 0.6 is 0 Å². The van der Waals surface area contributed by atoms with E-state index in [0.29, 0.717) is 22.2 Å². The van der Waals surface area contributed by atoms with Crippen LogP contribution in [0, 0.1) is 0 Å². The van der Waals surface area contributed by atoms with Gasteiger partial charge in [-0.1, -0.05) is 24.3 Å². The number of hydrogen-bond donors (Lipinski definition) is 1. The number of nitrogens with one attached hydrogen (secondary N) is 1. The Morgan fingerprint density at radius 1 is 0.966 bits per heavy atom. The van der Waals surface area contributed by atoms with Crippen molar-refractivity contribution in [3.8, 4) is 0 Å². The Morgan fingerprint density at radius 2 is 1.62 bits per heavy atom. The number of aromatic nitrogens is 2. The van der Waals surface area contributed by atoms with Crippen LogP contribution in [0.1, 0.15) is 17.3 Å². The fourth-order valence-electron chi connectivity index (χ4n) is 3.16. The predicted molar refractivity (Wildman–Crippen MR) is 111 cm³/mol. The minimum absolute atomic E-state index is 0.199. The molecule has 0 aliphatic rings. The Bertz CT molecular complexity index is 1210. The molecule has 1 heterocycles. The quantitative estimate of drug-likeness (QED) is 0.710. The van der Waals surface area contributed by atoms with Gasteiger partial charge in [-0.25, -0.2) is 4.79 Å². The lowest BCUT2D eigenvalue weighted by Crippen LogP contribution is -2.41. The molecule has 2 aromatic carbocycles. The summed E-state index contributed by atoms with van der Waals surface area (Å²) in [6, 6.07) is 13.3. The normalized spacial score (nSPS) is 10.7. The van der Waals surface area contributed by atoms with Crippen molar-refractivity contribution in [2.24, 2.45) is 0 Å². The molecule has 29 heavy (non-hydrogen) atoms. The van der Waals surface area contributed by atoms with Crippen LogP contribution in [0.25, 0.3) is 10.9 Å². The van der Waals surface area contributed by atoms with E-state index in [1.807, 2.05) is 0 Å².